The van der Waals surface area contributed by atoms with E-state index in [0.29, 0.717) is 13.1 Å². The van der Waals surface area contributed by atoms with Gasteiger partial charge in [-0.1, -0.05) is 12.1 Å². The van der Waals surface area contributed by atoms with Crippen molar-refractivity contribution < 1.29 is 4.79 Å². The van der Waals surface area contributed by atoms with E-state index in [1.54, 1.807) is 22.6 Å². The zero-order chi connectivity index (χ0) is 12.0. The Morgan fingerprint density at radius 1 is 1.35 bits per heavy atom. The third-order valence-corrected chi connectivity index (χ3v) is 3.38. The van der Waals surface area contributed by atoms with E-state index in [2.05, 4.69) is 5.32 Å². The standard InChI is InChI=1S/C12H13N3O2/c1-14-10(3-2-4-11(14)16)8-5-6-15-7-9(8)13-12(15)17/h2-5,9H,6-7H2,1H3,(H,13,17). The molecule has 88 valence electrons. The molecular weight excluding hydrogens is 218 g/mol. The number of rotatable bonds is 1. The first-order valence-electron chi connectivity index (χ1n) is 5.59. The van der Waals surface area contributed by atoms with Gasteiger partial charge in [0.2, 0.25) is 0 Å². The van der Waals surface area contributed by atoms with Crippen molar-refractivity contribution >= 4 is 11.6 Å². The highest BCUT2D eigenvalue weighted by molar-refractivity contribution is 5.85. The number of fused-ring (bicyclic) bond motifs is 2. The van der Waals surface area contributed by atoms with E-state index in [1.165, 1.54) is 6.07 Å². The first-order chi connectivity index (χ1) is 8.16. The number of nitrogens with zero attached hydrogens (tertiary/aromatic N) is 2. The van der Waals surface area contributed by atoms with Gasteiger partial charge in [0.25, 0.3) is 5.56 Å². The van der Waals surface area contributed by atoms with Crippen LogP contribution in [-0.2, 0) is 7.05 Å². The van der Waals surface area contributed by atoms with E-state index in [1.807, 2.05) is 12.1 Å². The molecule has 5 nitrogen and oxygen atoms in total. The van der Waals surface area contributed by atoms with Crippen molar-refractivity contribution in [2.24, 2.45) is 7.05 Å². The maximum Gasteiger partial charge on any atom is 0.318 e. The van der Waals surface area contributed by atoms with Crippen LogP contribution in [0.3, 0.4) is 0 Å². The van der Waals surface area contributed by atoms with Crippen molar-refractivity contribution in [3.05, 3.63) is 40.3 Å². The van der Waals surface area contributed by atoms with Crippen LogP contribution < -0.4 is 10.9 Å². The second-order valence-corrected chi connectivity index (χ2v) is 4.37. The van der Waals surface area contributed by atoms with Gasteiger partial charge in [-0.2, -0.15) is 0 Å². The lowest BCUT2D eigenvalue weighted by atomic mass is 10.0. The number of carbonyl (C=O) groups excluding carboxylic acids is 1. The van der Waals surface area contributed by atoms with Gasteiger partial charge in [-0.25, -0.2) is 4.79 Å². The van der Waals surface area contributed by atoms with Crippen LogP contribution in [0.2, 0.25) is 0 Å². The lowest BCUT2D eigenvalue weighted by Crippen LogP contribution is -2.31. The van der Waals surface area contributed by atoms with Crippen molar-refractivity contribution in [3.63, 3.8) is 0 Å². The topological polar surface area (TPSA) is 54.3 Å². The molecule has 1 aromatic rings. The van der Waals surface area contributed by atoms with E-state index in [0.717, 1.165) is 11.3 Å². The number of nitrogens with one attached hydrogen (secondary N) is 1. The molecule has 0 aliphatic carbocycles. The number of hydrogen-bond donors (Lipinski definition) is 1. The van der Waals surface area contributed by atoms with Crippen LogP contribution in [0.4, 0.5) is 4.79 Å². The number of aromatic nitrogens is 1. The smallest absolute Gasteiger partial charge is 0.318 e. The Morgan fingerprint density at radius 2 is 2.18 bits per heavy atom. The van der Waals surface area contributed by atoms with Gasteiger partial charge in [-0.3, -0.25) is 4.79 Å². The number of pyridine rings is 1. The summed E-state index contributed by atoms with van der Waals surface area (Å²) in [5, 5.41) is 2.91. The number of hydrogen-bond acceptors (Lipinski definition) is 2. The molecule has 5 heteroatoms. The molecule has 1 N–H and O–H groups in total. The average molecular weight is 231 g/mol. The molecule has 1 unspecified atom stereocenters. The summed E-state index contributed by atoms with van der Waals surface area (Å²) in [7, 11) is 1.75. The second kappa shape index (κ2) is 3.48. The minimum atomic E-state index is -0.0323. The van der Waals surface area contributed by atoms with E-state index in [9.17, 15) is 9.59 Å². The van der Waals surface area contributed by atoms with Crippen molar-refractivity contribution in [1.82, 2.24) is 14.8 Å². The summed E-state index contributed by atoms with van der Waals surface area (Å²) in [6.07, 6.45) is 2.01. The first-order valence-corrected chi connectivity index (χ1v) is 5.59. The summed E-state index contributed by atoms with van der Waals surface area (Å²) in [6.45, 7) is 1.30. The van der Waals surface area contributed by atoms with Gasteiger partial charge in [0.1, 0.15) is 0 Å². The molecule has 1 aromatic heterocycles. The molecule has 2 aliphatic heterocycles. The zero-order valence-corrected chi connectivity index (χ0v) is 9.51. The molecule has 1 fully saturated rings. The van der Waals surface area contributed by atoms with Crippen LogP contribution in [-0.4, -0.2) is 34.6 Å². The fourth-order valence-electron chi connectivity index (χ4n) is 2.41. The SMILES string of the molecule is Cn1c(C2=CCN3CC2NC3=O)cccc1=O. The van der Waals surface area contributed by atoms with Gasteiger partial charge < -0.3 is 14.8 Å². The lowest BCUT2D eigenvalue weighted by Gasteiger charge is -2.22. The van der Waals surface area contributed by atoms with E-state index in [4.69, 9.17) is 0 Å². The van der Waals surface area contributed by atoms with E-state index in [-0.39, 0.29) is 17.6 Å². The van der Waals surface area contributed by atoms with Crippen LogP contribution in [0.5, 0.6) is 0 Å². The number of carbonyl (C=O) groups is 1. The van der Waals surface area contributed by atoms with Crippen LogP contribution >= 0.6 is 0 Å². The summed E-state index contributed by atoms with van der Waals surface area (Å²) in [6, 6.07) is 5.17. The van der Waals surface area contributed by atoms with Crippen LogP contribution in [0.1, 0.15) is 5.69 Å². The average Bonchev–Trinajstić information content (AvgIpc) is 2.60. The van der Waals surface area contributed by atoms with Crippen LogP contribution in [0.25, 0.3) is 5.57 Å². The maximum absolute atomic E-state index is 11.6. The summed E-state index contributed by atoms with van der Waals surface area (Å²) in [5.74, 6) is 0. The highest BCUT2D eigenvalue weighted by atomic mass is 16.2. The Hall–Kier alpha value is -2.04. The van der Waals surface area contributed by atoms with Crippen molar-refractivity contribution in [1.29, 1.82) is 0 Å². The molecule has 0 saturated carbocycles. The predicted octanol–water partition coefficient (Wildman–Crippen LogP) is 0.176. The van der Waals surface area contributed by atoms with Gasteiger partial charge in [0.15, 0.2) is 0 Å². The van der Waals surface area contributed by atoms with Gasteiger partial charge in [0.05, 0.1) is 6.04 Å². The Labute approximate surface area is 98.3 Å². The molecular formula is C12H13N3O2. The maximum atomic E-state index is 11.6. The Morgan fingerprint density at radius 3 is 3.00 bits per heavy atom. The monoisotopic (exact) mass is 231 g/mol. The molecule has 1 saturated heterocycles. The fourth-order valence-corrected chi connectivity index (χ4v) is 2.41. The summed E-state index contributed by atoms with van der Waals surface area (Å²) >= 11 is 0. The highest BCUT2D eigenvalue weighted by Crippen LogP contribution is 2.25. The van der Waals surface area contributed by atoms with Gasteiger partial charge in [-0.05, 0) is 11.6 Å². The van der Waals surface area contributed by atoms with E-state index >= 15 is 0 Å². The third kappa shape index (κ3) is 1.46. The fraction of sp³-hybridized carbons (Fsp3) is 0.333. The molecule has 1 atom stereocenters. The molecule has 0 aromatic carbocycles. The number of amides is 2. The molecule has 3 rings (SSSR count). The molecule has 0 radical (unpaired) electrons. The van der Waals surface area contributed by atoms with Crippen LogP contribution in [0.15, 0.2) is 29.1 Å². The highest BCUT2D eigenvalue weighted by Gasteiger charge is 2.34. The predicted molar refractivity (Wildman–Crippen MR) is 63.6 cm³/mol. The van der Waals surface area contributed by atoms with Gasteiger partial charge in [0, 0.05) is 31.9 Å². The molecule has 3 heterocycles. The second-order valence-electron chi connectivity index (χ2n) is 4.37. The minimum Gasteiger partial charge on any atom is -0.329 e. The Balaban J connectivity index is 2.06. The molecule has 17 heavy (non-hydrogen) atoms. The minimum absolute atomic E-state index is 0.00394. The molecule has 2 aliphatic rings. The summed E-state index contributed by atoms with van der Waals surface area (Å²) < 4.78 is 1.62. The first kappa shape index (κ1) is 10.1. The normalized spacial score (nSPS) is 22.4. The Bertz CT molecular complexity index is 573. The molecule has 2 bridgehead atoms. The van der Waals surface area contributed by atoms with E-state index < -0.39 is 0 Å². The molecule has 2 amide bonds. The largest absolute Gasteiger partial charge is 0.329 e. The Kier molecular flexibility index (Phi) is 2.07. The van der Waals surface area contributed by atoms with Gasteiger partial charge in [-0.15, -0.1) is 0 Å². The van der Waals surface area contributed by atoms with Crippen LogP contribution in [0, 0.1) is 0 Å². The number of urea groups is 1. The lowest BCUT2D eigenvalue weighted by molar-refractivity contribution is 0.222. The van der Waals surface area contributed by atoms with Crippen molar-refractivity contribution in [3.8, 4) is 0 Å². The summed E-state index contributed by atoms with van der Waals surface area (Å²) in [4.78, 5) is 24.8. The summed E-state index contributed by atoms with van der Waals surface area (Å²) in [5.41, 5.74) is 1.88. The third-order valence-electron chi connectivity index (χ3n) is 3.38. The zero-order valence-electron chi connectivity index (χ0n) is 9.51. The van der Waals surface area contributed by atoms with Crippen molar-refractivity contribution in [2.75, 3.05) is 13.1 Å². The van der Waals surface area contributed by atoms with Crippen molar-refractivity contribution in [2.45, 2.75) is 6.04 Å². The quantitative estimate of drug-likeness (QED) is 0.749. The van der Waals surface area contributed by atoms with Gasteiger partial charge >= 0.3 is 6.03 Å². The molecule has 0 spiro atoms.